The van der Waals surface area contributed by atoms with E-state index in [0.717, 1.165) is 6.08 Å². The van der Waals surface area contributed by atoms with Crippen LogP contribution in [0.25, 0.3) is 0 Å². The molecule has 1 amide bonds. The maximum Gasteiger partial charge on any atom is 0.247 e. The molecule has 1 N–H and O–H groups in total. The predicted octanol–water partition coefficient (Wildman–Crippen LogP) is 2.59. The maximum absolute atomic E-state index is 12.5. The molecule has 1 aliphatic rings. The third kappa shape index (κ3) is 2.07. The Labute approximate surface area is 121 Å². The molecule has 0 fully saturated rings. The van der Waals surface area contributed by atoms with E-state index in [4.69, 9.17) is 0 Å². The van der Waals surface area contributed by atoms with Crippen LogP contribution in [0.2, 0.25) is 0 Å². The number of amides is 1. The van der Waals surface area contributed by atoms with Crippen LogP contribution in [0.3, 0.4) is 0 Å². The normalized spacial score (nSPS) is 12.4. The first-order valence-corrected chi connectivity index (χ1v) is 6.37. The monoisotopic (exact) mass is 277 g/mol. The highest BCUT2D eigenvalue weighted by Crippen LogP contribution is 2.29. The molecule has 0 saturated heterocycles. The lowest BCUT2D eigenvalue weighted by molar-refractivity contribution is -0.111. The van der Waals surface area contributed by atoms with E-state index in [1.54, 1.807) is 36.4 Å². The Morgan fingerprint density at radius 2 is 1.48 bits per heavy atom. The SMILES string of the molecule is C=CC(=O)Nc1ccc2c(c1)C(=O)c1ccccc1C2=O. The summed E-state index contributed by atoms with van der Waals surface area (Å²) < 4.78 is 0. The highest BCUT2D eigenvalue weighted by atomic mass is 16.1. The van der Waals surface area contributed by atoms with Crippen LogP contribution in [-0.2, 0) is 4.79 Å². The van der Waals surface area contributed by atoms with E-state index in [1.165, 1.54) is 6.07 Å². The fourth-order valence-electron chi connectivity index (χ4n) is 2.37. The minimum atomic E-state index is -0.370. The maximum atomic E-state index is 12.5. The second-order valence-corrected chi connectivity index (χ2v) is 4.66. The minimum Gasteiger partial charge on any atom is -0.323 e. The van der Waals surface area contributed by atoms with Gasteiger partial charge in [0.25, 0.3) is 0 Å². The number of fused-ring (bicyclic) bond motifs is 2. The molecule has 2 aromatic carbocycles. The number of carbonyl (C=O) groups is 3. The average molecular weight is 277 g/mol. The first-order valence-electron chi connectivity index (χ1n) is 6.37. The average Bonchev–Trinajstić information content (AvgIpc) is 2.52. The second kappa shape index (κ2) is 4.83. The van der Waals surface area contributed by atoms with E-state index in [1.807, 2.05) is 0 Å². The fraction of sp³-hybridized carbons (Fsp3) is 0. The lowest BCUT2D eigenvalue weighted by Gasteiger charge is -2.18. The van der Waals surface area contributed by atoms with Crippen LogP contribution >= 0.6 is 0 Å². The van der Waals surface area contributed by atoms with Crippen molar-refractivity contribution in [2.75, 3.05) is 5.32 Å². The van der Waals surface area contributed by atoms with Gasteiger partial charge in [-0.3, -0.25) is 14.4 Å². The zero-order valence-corrected chi connectivity index (χ0v) is 11.1. The number of anilines is 1. The molecular weight excluding hydrogens is 266 g/mol. The standard InChI is InChI=1S/C17H11NO3/c1-2-15(19)18-10-7-8-13-14(9-10)17(21)12-6-4-3-5-11(12)16(13)20/h2-9H,1H2,(H,18,19). The van der Waals surface area contributed by atoms with Crippen LogP contribution in [-0.4, -0.2) is 17.5 Å². The third-order valence-electron chi connectivity index (χ3n) is 3.38. The van der Waals surface area contributed by atoms with Gasteiger partial charge in [-0.2, -0.15) is 0 Å². The highest BCUT2D eigenvalue weighted by Gasteiger charge is 2.29. The summed E-state index contributed by atoms with van der Waals surface area (Å²) in [7, 11) is 0. The minimum absolute atomic E-state index is 0.179. The van der Waals surface area contributed by atoms with E-state index in [9.17, 15) is 14.4 Å². The summed E-state index contributed by atoms with van der Waals surface area (Å²) in [5.41, 5.74) is 1.93. The molecule has 3 rings (SSSR count). The van der Waals surface area contributed by atoms with Crippen LogP contribution in [0.1, 0.15) is 31.8 Å². The molecule has 0 saturated carbocycles. The molecular formula is C17H11NO3. The van der Waals surface area contributed by atoms with Crippen LogP contribution in [0.15, 0.2) is 55.1 Å². The molecule has 0 radical (unpaired) electrons. The summed E-state index contributed by atoms with van der Waals surface area (Å²) in [6.45, 7) is 3.37. The van der Waals surface area contributed by atoms with E-state index in [0.29, 0.717) is 27.9 Å². The Kier molecular flexibility index (Phi) is 2.99. The van der Waals surface area contributed by atoms with Crippen molar-refractivity contribution in [3.8, 4) is 0 Å². The molecule has 0 atom stereocenters. The molecule has 0 unspecified atom stereocenters. The van der Waals surface area contributed by atoms with Gasteiger partial charge in [0.15, 0.2) is 11.6 Å². The van der Waals surface area contributed by atoms with E-state index in [-0.39, 0.29) is 17.5 Å². The Morgan fingerprint density at radius 1 is 0.905 bits per heavy atom. The van der Waals surface area contributed by atoms with Gasteiger partial charge >= 0.3 is 0 Å². The van der Waals surface area contributed by atoms with Crippen molar-refractivity contribution >= 4 is 23.2 Å². The summed E-state index contributed by atoms with van der Waals surface area (Å²) >= 11 is 0. The number of nitrogens with one attached hydrogen (secondary N) is 1. The molecule has 0 aromatic heterocycles. The van der Waals surface area contributed by atoms with Gasteiger partial charge in [-0.05, 0) is 24.3 Å². The Bertz CT molecular complexity index is 805. The van der Waals surface area contributed by atoms with Crippen LogP contribution in [0.5, 0.6) is 0 Å². The first-order chi connectivity index (χ1) is 10.1. The van der Waals surface area contributed by atoms with Gasteiger partial charge < -0.3 is 5.32 Å². The topological polar surface area (TPSA) is 63.2 Å². The molecule has 1 aliphatic carbocycles. The summed E-state index contributed by atoms with van der Waals surface area (Å²) in [5.74, 6) is -0.762. The van der Waals surface area contributed by atoms with E-state index >= 15 is 0 Å². The summed E-state index contributed by atoms with van der Waals surface area (Å²) in [6, 6.07) is 11.4. The summed E-state index contributed by atoms with van der Waals surface area (Å²) in [4.78, 5) is 36.2. The number of hydrogen-bond acceptors (Lipinski definition) is 3. The van der Waals surface area contributed by atoms with E-state index in [2.05, 4.69) is 11.9 Å². The predicted molar refractivity (Wildman–Crippen MR) is 78.6 cm³/mol. The molecule has 102 valence electrons. The van der Waals surface area contributed by atoms with Crippen molar-refractivity contribution in [2.45, 2.75) is 0 Å². The summed E-state index contributed by atoms with van der Waals surface area (Å²) in [5, 5.41) is 2.58. The molecule has 0 aliphatic heterocycles. The van der Waals surface area contributed by atoms with E-state index < -0.39 is 0 Å². The Morgan fingerprint density at radius 3 is 2.10 bits per heavy atom. The zero-order valence-electron chi connectivity index (χ0n) is 11.1. The molecule has 4 nitrogen and oxygen atoms in total. The van der Waals surface area contributed by atoms with Crippen LogP contribution in [0, 0.1) is 0 Å². The zero-order chi connectivity index (χ0) is 15.0. The number of benzene rings is 2. The first kappa shape index (κ1) is 13.0. The van der Waals surface area contributed by atoms with Crippen molar-refractivity contribution in [1.29, 1.82) is 0 Å². The number of carbonyl (C=O) groups excluding carboxylic acids is 3. The fourth-order valence-corrected chi connectivity index (χ4v) is 2.37. The van der Waals surface area contributed by atoms with Gasteiger partial charge in [0.1, 0.15) is 0 Å². The lowest BCUT2D eigenvalue weighted by Crippen LogP contribution is -2.21. The Balaban J connectivity index is 2.10. The smallest absolute Gasteiger partial charge is 0.247 e. The van der Waals surface area contributed by atoms with Crippen molar-refractivity contribution in [3.05, 3.63) is 77.4 Å². The van der Waals surface area contributed by atoms with Gasteiger partial charge in [0.2, 0.25) is 5.91 Å². The van der Waals surface area contributed by atoms with Crippen LogP contribution < -0.4 is 5.32 Å². The Hall–Kier alpha value is -3.01. The van der Waals surface area contributed by atoms with Crippen molar-refractivity contribution in [2.24, 2.45) is 0 Å². The molecule has 21 heavy (non-hydrogen) atoms. The molecule has 2 aromatic rings. The molecule has 0 bridgehead atoms. The quantitative estimate of drug-likeness (QED) is 0.732. The van der Waals surface area contributed by atoms with Gasteiger partial charge in [-0.15, -0.1) is 0 Å². The lowest BCUT2D eigenvalue weighted by atomic mass is 9.84. The van der Waals surface area contributed by atoms with Crippen LogP contribution in [0.4, 0.5) is 5.69 Å². The third-order valence-corrected chi connectivity index (χ3v) is 3.38. The van der Waals surface area contributed by atoms with Gasteiger partial charge in [0.05, 0.1) is 0 Å². The van der Waals surface area contributed by atoms with Gasteiger partial charge in [-0.25, -0.2) is 0 Å². The number of ketones is 2. The molecule has 4 heteroatoms. The largest absolute Gasteiger partial charge is 0.323 e. The number of hydrogen-bond donors (Lipinski definition) is 1. The highest BCUT2D eigenvalue weighted by molar-refractivity contribution is 6.28. The molecule has 0 spiro atoms. The van der Waals surface area contributed by atoms with Crippen molar-refractivity contribution in [3.63, 3.8) is 0 Å². The van der Waals surface area contributed by atoms with Crippen molar-refractivity contribution in [1.82, 2.24) is 0 Å². The summed E-state index contributed by atoms with van der Waals surface area (Å²) in [6.07, 6.45) is 1.14. The van der Waals surface area contributed by atoms with Gasteiger partial charge in [-0.1, -0.05) is 30.8 Å². The number of rotatable bonds is 2. The molecule has 0 heterocycles. The second-order valence-electron chi connectivity index (χ2n) is 4.66. The van der Waals surface area contributed by atoms with Gasteiger partial charge in [0, 0.05) is 27.9 Å². The van der Waals surface area contributed by atoms with Crippen molar-refractivity contribution < 1.29 is 14.4 Å².